The number of ether oxygens (including phenoxy) is 1. The molecule has 1 heterocycles. The fourth-order valence-electron chi connectivity index (χ4n) is 2.95. The Morgan fingerprint density at radius 1 is 1.12 bits per heavy atom. The van der Waals surface area contributed by atoms with Crippen LogP contribution in [-0.2, 0) is 16.1 Å². The largest absolute Gasteiger partial charge is 0.364 e. The molecule has 132 valence electrons. The number of hydrogen-bond donors (Lipinski definition) is 1. The van der Waals surface area contributed by atoms with Crippen molar-refractivity contribution in [2.45, 2.75) is 31.6 Å². The minimum atomic E-state index is -0.620. The lowest BCUT2D eigenvalue weighted by atomic mass is 10.1. The van der Waals surface area contributed by atoms with Crippen molar-refractivity contribution in [1.29, 1.82) is 0 Å². The zero-order valence-corrected chi connectivity index (χ0v) is 13.7. The number of carbonyl (C=O) groups is 1. The third-order valence-corrected chi connectivity index (χ3v) is 4.34. The second kappa shape index (κ2) is 7.72. The van der Waals surface area contributed by atoms with Crippen LogP contribution in [0.2, 0.25) is 0 Å². The molecule has 1 amide bonds. The van der Waals surface area contributed by atoms with E-state index in [1.807, 2.05) is 0 Å². The van der Waals surface area contributed by atoms with Gasteiger partial charge in [-0.1, -0.05) is 18.2 Å². The van der Waals surface area contributed by atoms with Gasteiger partial charge in [-0.05, 0) is 43.2 Å². The van der Waals surface area contributed by atoms with Gasteiger partial charge in [-0.15, -0.1) is 0 Å². The van der Waals surface area contributed by atoms with Crippen LogP contribution < -0.4 is 10.6 Å². The molecule has 0 spiro atoms. The summed E-state index contributed by atoms with van der Waals surface area (Å²) in [6, 6.07) is 11.8. The summed E-state index contributed by atoms with van der Waals surface area (Å²) in [6.07, 6.45) is 0.516. The molecule has 1 fully saturated rings. The van der Waals surface area contributed by atoms with E-state index in [1.54, 1.807) is 18.2 Å². The zero-order chi connectivity index (χ0) is 17.8. The molecule has 0 saturated carbocycles. The molecule has 1 aliphatic heterocycles. The van der Waals surface area contributed by atoms with Crippen LogP contribution in [0.1, 0.15) is 18.4 Å². The molecule has 0 aromatic heterocycles. The van der Waals surface area contributed by atoms with Gasteiger partial charge in [-0.25, -0.2) is 8.78 Å². The normalized spacial score (nSPS) is 19.8. The molecule has 1 aliphatic rings. The van der Waals surface area contributed by atoms with Gasteiger partial charge in [0.05, 0.1) is 12.6 Å². The summed E-state index contributed by atoms with van der Waals surface area (Å²) in [7, 11) is 0. The molecule has 4 nitrogen and oxygen atoms in total. The Hall–Kier alpha value is -2.31. The van der Waals surface area contributed by atoms with Gasteiger partial charge in [0, 0.05) is 17.8 Å². The van der Waals surface area contributed by atoms with Crippen LogP contribution in [0.5, 0.6) is 0 Å². The van der Waals surface area contributed by atoms with E-state index in [9.17, 15) is 13.6 Å². The third kappa shape index (κ3) is 4.03. The molecule has 2 N–H and O–H groups in total. The van der Waals surface area contributed by atoms with Crippen molar-refractivity contribution in [3.63, 3.8) is 0 Å². The Morgan fingerprint density at radius 2 is 1.84 bits per heavy atom. The van der Waals surface area contributed by atoms with Crippen molar-refractivity contribution in [1.82, 2.24) is 0 Å². The van der Waals surface area contributed by atoms with Gasteiger partial charge in [-0.3, -0.25) is 4.79 Å². The molecule has 0 unspecified atom stereocenters. The van der Waals surface area contributed by atoms with Gasteiger partial charge < -0.3 is 15.4 Å². The van der Waals surface area contributed by atoms with Gasteiger partial charge in [0.25, 0.3) is 5.91 Å². The molecule has 0 aliphatic carbocycles. The lowest BCUT2D eigenvalue weighted by molar-refractivity contribution is -0.129. The number of halogens is 2. The topological polar surface area (TPSA) is 55.6 Å². The number of carbonyl (C=O) groups excluding carboxylic acids is 1. The van der Waals surface area contributed by atoms with Gasteiger partial charge >= 0.3 is 0 Å². The van der Waals surface area contributed by atoms with Crippen molar-refractivity contribution in [2.24, 2.45) is 5.73 Å². The van der Waals surface area contributed by atoms with E-state index in [1.165, 1.54) is 35.2 Å². The van der Waals surface area contributed by atoms with Crippen molar-refractivity contribution in [3.05, 3.63) is 65.7 Å². The number of rotatable bonds is 5. The van der Waals surface area contributed by atoms with Crippen LogP contribution in [-0.4, -0.2) is 24.7 Å². The Bertz CT molecular complexity index is 736. The molecule has 0 radical (unpaired) electrons. The van der Waals surface area contributed by atoms with E-state index < -0.39 is 17.7 Å². The van der Waals surface area contributed by atoms with E-state index in [0.717, 1.165) is 0 Å². The van der Waals surface area contributed by atoms with Crippen molar-refractivity contribution in [3.8, 4) is 0 Å². The van der Waals surface area contributed by atoms with Crippen LogP contribution in [0.15, 0.2) is 48.5 Å². The number of anilines is 1. The molecule has 3 rings (SSSR count). The van der Waals surface area contributed by atoms with E-state index in [4.69, 9.17) is 10.5 Å². The first kappa shape index (κ1) is 17.5. The average molecular weight is 346 g/mol. The molecule has 1 saturated heterocycles. The maximum absolute atomic E-state index is 14.0. The molecular formula is C19H20F2N2O2. The zero-order valence-electron chi connectivity index (χ0n) is 13.7. The summed E-state index contributed by atoms with van der Waals surface area (Å²) in [6.45, 7) is 0.401. The smallest absolute Gasteiger partial charge is 0.256 e. The van der Waals surface area contributed by atoms with Crippen LogP contribution in [0, 0.1) is 11.6 Å². The Kier molecular flexibility index (Phi) is 5.40. The van der Waals surface area contributed by atoms with Gasteiger partial charge in [0.1, 0.15) is 17.7 Å². The van der Waals surface area contributed by atoms with E-state index in [-0.39, 0.29) is 18.6 Å². The first-order valence-corrected chi connectivity index (χ1v) is 8.24. The SMILES string of the molecule is NC[C@H]1CC[C@@H](C(=O)N(Cc2ccccc2F)c2ccc(F)cc2)O1. The molecule has 25 heavy (non-hydrogen) atoms. The van der Waals surface area contributed by atoms with E-state index in [2.05, 4.69) is 0 Å². The number of nitrogens with zero attached hydrogens (tertiary/aromatic N) is 1. The van der Waals surface area contributed by atoms with Crippen LogP contribution in [0.25, 0.3) is 0 Å². The minimum Gasteiger partial charge on any atom is -0.364 e. The summed E-state index contributed by atoms with van der Waals surface area (Å²) in [5, 5.41) is 0. The fourth-order valence-corrected chi connectivity index (χ4v) is 2.95. The average Bonchev–Trinajstić information content (AvgIpc) is 3.11. The Morgan fingerprint density at radius 3 is 2.48 bits per heavy atom. The summed E-state index contributed by atoms with van der Waals surface area (Å²) in [4.78, 5) is 14.4. The fraction of sp³-hybridized carbons (Fsp3) is 0.316. The lowest BCUT2D eigenvalue weighted by Gasteiger charge is -2.26. The molecule has 2 aromatic carbocycles. The summed E-state index contributed by atoms with van der Waals surface area (Å²) in [5.74, 6) is -1.07. The molecular weight excluding hydrogens is 326 g/mol. The summed E-state index contributed by atoms with van der Waals surface area (Å²) >= 11 is 0. The molecule has 2 aromatic rings. The number of nitrogens with two attached hydrogens (primary N) is 1. The quantitative estimate of drug-likeness (QED) is 0.905. The van der Waals surface area contributed by atoms with E-state index in [0.29, 0.717) is 30.6 Å². The van der Waals surface area contributed by atoms with E-state index >= 15 is 0 Å². The van der Waals surface area contributed by atoms with Gasteiger partial charge in [0.2, 0.25) is 0 Å². The van der Waals surface area contributed by atoms with Crippen LogP contribution in [0.4, 0.5) is 14.5 Å². The predicted molar refractivity (Wildman–Crippen MR) is 90.9 cm³/mol. The summed E-state index contributed by atoms with van der Waals surface area (Å²) < 4.78 is 33.0. The monoisotopic (exact) mass is 346 g/mol. The van der Waals surface area contributed by atoms with Crippen molar-refractivity contribution < 1.29 is 18.3 Å². The maximum atomic E-state index is 14.0. The third-order valence-electron chi connectivity index (χ3n) is 4.34. The maximum Gasteiger partial charge on any atom is 0.256 e. The molecule has 0 bridgehead atoms. The second-order valence-electron chi connectivity index (χ2n) is 6.05. The highest BCUT2D eigenvalue weighted by Crippen LogP contribution is 2.26. The Labute approximate surface area is 145 Å². The highest BCUT2D eigenvalue weighted by atomic mass is 19.1. The molecule has 6 heteroatoms. The highest BCUT2D eigenvalue weighted by molar-refractivity contribution is 5.96. The van der Waals surface area contributed by atoms with Crippen molar-refractivity contribution >= 4 is 11.6 Å². The first-order chi connectivity index (χ1) is 12.1. The first-order valence-electron chi connectivity index (χ1n) is 8.24. The van der Waals surface area contributed by atoms with Gasteiger partial charge in [0.15, 0.2) is 0 Å². The predicted octanol–water partition coefficient (Wildman–Crippen LogP) is 3.00. The summed E-state index contributed by atoms with van der Waals surface area (Å²) in [5.41, 5.74) is 6.48. The van der Waals surface area contributed by atoms with Crippen LogP contribution >= 0.6 is 0 Å². The number of benzene rings is 2. The number of amides is 1. The van der Waals surface area contributed by atoms with Crippen LogP contribution in [0.3, 0.4) is 0 Å². The van der Waals surface area contributed by atoms with Crippen molar-refractivity contribution in [2.75, 3.05) is 11.4 Å². The minimum absolute atomic E-state index is 0.0459. The number of hydrogen-bond acceptors (Lipinski definition) is 3. The molecule has 2 atom stereocenters. The highest BCUT2D eigenvalue weighted by Gasteiger charge is 2.33. The standard InChI is InChI=1S/C19H20F2N2O2/c20-14-5-7-15(8-6-14)23(12-13-3-1-2-4-17(13)21)19(24)18-10-9-16(11-22)25-18/h1-8,16,18H,9-12,22H2/t16-,18+/m1/s1. The van der Waals surface area contributed by atoms with Gasteiger partial charge in [-0.2, -0.15) is 0 Å². The second-order valence-corrected chi connectivity index (χ2v) is 6.05. The Balaban J connectivity index is 1.87. The lowest BCUT2D eigenvalue weighted by Crippen LogP contribution is -2.39.